The molecule has 0 aliphatic rings. The highest BCUT2D eigenvalue weighted by Crippen LogP contribution is 2.30. The highest BCUT2D eigenvalue weighted by atomic mass is 79.9. The molecule has 0 amide bonds. The molecule has 0 radical (unpaired) electrons. The van der Waals surface area contributed by atoms with Gasteiger partial charge in [0.25, 0.3) is 0 Å². The van der Waals surface area contributed by atoms with Crippen LogP contribution in [0.15, 0.2) is 63.6 Å². The first-order valence-electron chi connectivity index (χ1n) is 7.60. The van der Waals surface area contributed by atoms with Gasteiger partial charge in [-0.15, -0.1) is 11.3 Å². The van der Waals surface area contributed by atoms with E-state index in [4.69, 9.17) is 4.99 Å². The molecule has 5 heteroatoms. The Balaban J connectivity index is 2.20. The second-order valence-electron chi connectivity index (χ2n) is 5.33. The summed E-state index contributed by atoms with van der Waals surface area (Å²) in [5.41, 5.74) is 3.27. The van der Waals surface area contributed by atoms with Crippen molar-refractivity contribution < 1.29 is 0 Å². The van der Waals surface area contributed by atoms with Crippen LogP contribution in [0.1, 0.15) is 26.3 Å². The molecule has 2 aromatic heterocycles. The number of pyridine rings is 1. The maximum absolute atomic E-state index is 4.79. The maximum Gasteiger partial charge on any atom is 0.190 e. The van der Waals surface area contributed by atoms with Crippen molar-refractivity contribution in [2.75, 3.05) is 0 Å². The highest BCUT2D eigenvalue weighted by molar-refractivity contribution is 9.10. The fourth-order valence-corrected chi connectivity index (χ4v) is 3.90. The molecule has 0 aliphatic heterocycles. The van der Waals surface area contributed by atoms with Gasteiger partial charge in [0, 0.05) is 27.7 Å². The van der Waals surface area contributed by atoms with Crippen LogP contribution in [0.25, 0.3) is 11.3 Å². The van der Waals surface area contributed by atoms with Gasteiger partial charge in [0.05, 0.1) is 17.6 Å². The first-order chi connectivity index (χ1) is 11.2. The molecular weight excluding hydrogens is 370 g/mol. The minimum absolute atomic E-state index is 0.374. The van der Waals surface area contributed by atoms with Gasteiger partial charge in [-0.2, -0.15) is 0 Å². The van der Waals surface area contributed by atoms with Crippen molar-refractivity contribution in [3.05, 3.63) is 63.4 Å². The van der Waals surface area contributed by atoms with Crippen molar-refractivity contribution in [2.45, 2.75) is 26.3 Å². The van der Waals surface area contributed by atoms with Crippen LogP contribution in [0.4, 0.5) is 5.69 Å². The molecule has 3 aromatic rings. The lowest BCUT2D eigenvalue weighted by molar-refractivity contribution is 0.524. The number of aromatic nitrogens is 2. The summed E-state index contributed by atoms with van der Waals surface area (Å²) in [6, 6.07) is 12.6. The molecule has 0 saturated carbocycles. The molecule has 0 saturated heterocycles. The molecule has 3 nitrogen and oxygen atoms in total. The van der Waals surface area contributed by atoms with Crippen LogP contribution in [-0.4, -0.2) is 9.55 Å². The zero-order valence-electron chi connectivity index (χ0n) is 13.1. The van der Waals surface area contributed by atoms with Gasteiger partial charge in [0.15, 0.2) is 4.80 Å². The Morgan fingerprint density at radius 1 is 1.26 bits per heavy atom. The van der Waals surface area contributed by atoms with E-state index in [2.05, 4.69) is 62.9 Å². The predicted octanol–water partition coefficient (Wildman–Crippen LogP) is 5.58. The molecule has 2 heterocycles. The molecule has 1 atom stereocenters. The molecule has 1 aromatic carbocycles. The van der Waals surface area contributed by atoms with E-state index in [9.17, 15) is 0 Å². The molecule has 3 rings (SSSR count). The Labute approximate surface area is 148 Å². The van der Waals surface area contributed by atoms with Crippen LogP contribution in [0, 0.1) is 0 Å². The van der Waals surface area contributed by atoms with Gasteiger partial charge < -0.3 is 4.57 Å². The minimum Gasteiger partial charge on any atom is -0.314 e. The topological polar surface area (TPSA) is 30.2 Å². The van der Waals surface area contributed by atoms with E-state index in [-0.39, 0.29) is 0 Å². The van der Waals surface area contributed by atoms with E-state index in [0.29, 0.717) is 6.04 Å². The quantitative estimate of drug-likeness (QED) is 0.574. The molecule has 0 fully saturated rings. The summed E-state index contributed by atoms with van der Waals surface area (Å²) in [6.45, 7) is 4.43. The van der Waals surface area contributed by atoms with Crippen LogP contribution in [0.3, 0.4) is 0 Å². The van der Waals surface area contributed by atoms with Gasteiger partial charge in [-0.1, -0.05) is 41.1 Å². The van der Waals surface area contributed by atoms with Crippen molar-refractivity contribution >= 4 is 33.0 Å². The van der Waals surface area contributed by atoms with Crippen molar-refractivity contribution in [3.8, 4) is 11.3 Å². The summed E-state index contributed by atoms with van der Waals surface area (Å²) in [4.78, 5) is 9.94. The van der Waals surface area contributed by atoms with Gasteiger partial charge in [-0.25, -0.2) is 4.99 Å². The lowest BCUT2D eigenvalue weighted by Crippen LogP contribution is -2.19. The summed E-state index contributed by atoms with van der Waals surface area (Å²) >= 11 is 5.33. The van der Waals surface area contributed by atoms with Crippen LogP contribution in [0.2, 0.25) is 0 Å². The summed E-state index contributed by atoms with van der Waals surface area (Å²) in [5, 5.41) is 2.18. The van der Waals surface area contributed by atoms with Crippen molar-refractivity contribution in [1.29, 1.82) is 0 Å². The van der Waals surface area contributed by atoms with E-state index in [0.717, 1.165) is 21.4 Å². The van der Waals surface area contributed by atoms with Gasteiger partial charge in [0.1, 0.15) is 0 Å². The number of thiazole rings is 1. The van der Waals surface area contributed by atoms with E-state index in [1.54, 1.807) is 23.7 Å². The van der Waals surface area contributed by atoms with Crippen molar-refractivity contribution in [1.82, 2.24) is 9.55 Å². The third-order valence-electron chi connectivity index (χ3n) is 3.79. The monoisotopic (exact) mass is 387 g/mol. The minimum atomic E-state index is 0.374. The second kappa shape index (κ2) is 7.23. The van der Waals surface area contributed by atoms with Gasteiger partial charge in [-0.3, -0.25) is 4.98 Å². The van der Waals surface area contributed by atoms with Crippen LogP contribution in [0.5, 0.6) is 0 Å². The average molecular weight is 388 g/mol. The standard InChI is InChI=1S/C18H18BrN3S/c1-3-13(2)22-17(15-8-4-5-9-16(15)19)12-23-18(22)21-14-7-6-10-20-11-14/h4-13H,3H2,1-2H3. The SMILES string of the molecule is CCC(C)n1c(-c2ccccc2Br)csc1=Nc1cccnc1. The summed E-state index contributed by atoms with van der Waals surface area (Å²) in [5.74, 6) is 0. The fraction of sp³-hybridized carbons (Fsp3) is 0.222. The molecule has 0 spiro atoms. The number of benzene rings is 1. The summed E-state index contributed by atoms with van der Waals surface area (Å²) in [6.07, 6.45) is 4.61. The lowest BCUT2D eigenvalue weighted by Gasteiger charge is -2.16. The Morgan fingerprint density at radius 2 is 2.09 bits per heavy atom. The van der Waals surface area contributed by atoms with Gasteiger partial charge >= 0.3 is 0 Å². The van der Waals surface area contributed by atoms with E-state index in [1.807, 2.05) is 18.2 Å². The summed E-state index contributed by atoms with van der Waals surface area (Å²) < 4.78 is 3.42. The lowest BCUT2D eigenvalue weighted by atomic mass is 10.1. The van der Waals surface area contributed by atoms with E-state index < -0.39 is 0 Å². The van der Waals surface area contributed by atoms with Crippen LogP contribution >= 0.6 is 27.3 Å². The normalized spacial score (nSPS) is 13.3. The molecule has 0 N–H and O–H groups in total. The Kier molecular flexibility index (Phi) is 5.08. The largest absolute Gasteiger partial charge is 0.314 e. The van der Waals surface area contributed by atoms with Gasteiger partial charge in [-0.05, 0) is 31.5 Å². The molecular formula is C18H18BrN3S. The maximum atomic E-state index is 4.79. The number of hydrogen-bond donors (Lipinski definition) is 0. The highest BCUT2D eigenvalue weighted by Gasteiger charge is 2.14. The molecule has 0 aliphatic carbocycles. The zero-order chi connectivity index (χ0) is 16.2. The number of halogens is 1. The van der Waals surface area contributed by atoms with E-state index in [1.165, 1.54) is 11.3 Å². The van der Waals surface area contributed by atoms with Crippen molar-refractivity contribution in [2.24, 2.45) is 4.99 Å². The molecule has 23 heavy (non-hydrogen) atoms. The Bertz CT molecular complexity index is 852. The Hall–Kier alpha value is -1.72. The second-order valence-corrected chi connectivity index (χ2v) is 7.02. The van der Waals surface area contributed by atoms with Crippen LogP contribution < -0.4 is 4.80 Å². The zero-order valence-corrected chi connectivity index (χ0v) is 15.5. The average Bonchev–Trinajstić information content (AvgIpc) is 2.99. The first kappa shape index (κ1) is 16.1. The fourth-order valence-electron chi connectivity index (χ4n) is 2.41. The van der Waals surface area contributed by atoms with Crippen molar-refractivity contribution in [3.63, 3.8) is 0 Å². The van der Waals surface area contributed by atoms with Gasteiger partial charge in [0.2, 0.25) is 0 Å². The number of rotatable bonds is 4. The molecule has 1 unspecified atom stereocenters. The number of hydrogen-bond acceptors (Lipinski definition) is 3. The van der Waals surface area contributed by atoms with E-state index >= 15 is 0 Å². The molecule has 118 valence electrons. The molecule has 0 bridgehead atoms. The smallest absolute Gasteiger partial charge is 0.190 e. The Morgan fingerprint density at radius 3 is 2.78 bits per heavy atom. The third kappa shape index (κ3) is 3.46. The predicted molar refractivity (Wildman–Crippen MR) is 99.9 cm³/mol. The van der Waals surface area contributed by atoms with Crippen LogP contribution in [-0.2, 0) is 0 Å². The third-order valence-corrected chi connectivity index (χ3v) is 5.33. The first-order valence-corrected chi connectivity index (χ1v) is 9.27. The summed E-state index contributed by atoms with van der Waals surface area (Å²) in [7, 11) is 0. The number of nitrogens with zero attached hydrogens (tertiary/aromatic N) is 3.